The van der Waals surface area contributed by atoms with E-state index in [1.54, 1.807) is 0 Å². The molecule has 3 rings (SSSR count). The first kappa shape index (κ1) is 15.7. The highest BCUT2D eigenvalue weighted by atomic mass is 16.5. The first-order valence-electron chi connectivity index (χ1n) is 8.72. The van der Waals surface area contributed by atoms with Gasteiger partial charge in [0, 0.05) is 19.0 Å². The van der Waals surface area contributed by atoms with Crippen molar-refractivity contribution in [2.75, 3.05) is 45.9 Å². The quantitative estimate of drug-likeness (QED) is 0.671. The Hall–Kier alpha value is -1.14. The molecule has 22 heavy (non-hydrogen) atoms. The van der Waals surface area contributed by atoms with Gasteiger partial charge in [0.2, 0.25) is 11.8 Å². The number of hydrogen-bond acceptors (Lipinski definition) is 3. The van der Waals surface area contributed by atoms with Crippen LogP contribution in [0.2, 0.25) is 0 Å². The van der Waals surface area contributed by atoms with E-state index in [4.69, 9.17) is 4.74 Å². The van der Waals surface area contributed by atoms with Crippen LogP contribution in [0.15, 0.2) is 0 Å². The molecular weight excluding hydrogens is 282 g/mol. The van der Waals surface area contributed by atoms with E-state index in [1.807, 2.05) is 4.90 Å². The smallest absolute Gasteiger partial charge is 0.225 e. The lowest BCUT2D eigenvalue weighted by Crippen LogP contribution is -3.14. The zero-order chi connectivity index (χ0) is 15.4. The minimum atomic E-state index is -0.146. The van der Waals surface area contributed by atoms with Crippen molar-refractivity contribution in [3.63, 3.8) is 0 Å². The second kappa shape index (κ2) is 7.42. The Morgan fingerprint density at radius 2 is 2.00 bits per heavy atom. The molecule has 0 bridgehead atoms. The Labute approximate surface area is 132 Å². The number of carbonyl (C=O) groups excluding carboxylic acids is 2. The molecule has 1 aliphatic carbocycles. The summed E-state index contributed by atoms with van der Waals surface area (Å²) in [5.41, 5.74) is 0. The van der Waals surface area contributed by atoms with Crippen LogP contribution in [-0.4, -0.2) is 68.7 Å². The summed E-state index contributed by atoms with van der Waals surface area (Å²) in [6, 6.07) is 0.392. The molecule has 1 atom stereocenters. The van der Waals surface area contributed by atoms with Gasteiger partial charge in [-0.2, -0.15) is 0 Å². The molecule has 0 spiro atoms. The van der Waals surface area contributed by atoms with Crippen molar-refractivity contribution >= 4 is 11.8 Å². The van der Waals surface area contributed by atoms with Gasteiger partial charge >= 0.3 is 0 Å². The molecule has 1 saturated carbocycles. The number of hydrogen-bond donors (Lipinski definition) is 2. The fourth-order valence-corrected chi connectivity index (χ4v) is 3.89. The molecule has 2 N–H and O–H groups in total. The number of amides is 2. The number of rotatable bonds is 5. The van der Waals surface area contributed by atoms with Crippen molar-refractivity contribution in [3.05, 3.63) is 0 Å². The normalized spacial score (nSPS) is 27.5. The highest BCUT2D eigenvalue weighted by Gasteiger charge is 2.38. The fourth-order valence-electron chi connectivity index (χ4n) is 3.89. The maximum atomic E-state index is 12.3. The Morgan fingerprint density at radius 1 is 1.27 bits per heavy atom. The summed E-state index contributed by atoms with van der Waals surface area (Å²) in [6.07, 6.45) is 5.05. The van der Waals surface area contributed by atoms with Gasteiger partial charge in [0.1, 0.15) is 13.1 Å². The van der Waals surface area contributed by atoms with Crippen molar-refractivity contribution in [2.45, 2.75) is 38.1 Å². The summed E-state index contributed by atoms with van der Waals surface area (Å²) in [5, 5.41) is 3.02. The average Bonchev–Trinajstić information content (AvgIpc) is 3.17. The molecule has 3 aliphatic rings. The van der Waals surface area contributed by atoms with Crippen LogP contribution in [0.1, 0.15) is 32.1 Å². The van der Waals surface area contributed by atoms with Crippen LogP contribution in [0.25, 0.3) is 0 Å². The Bertz CT molecular complexity index is 403. The van der Waals surface area contributed by atoms with Gasteiger partial charge in [-0.25, -0.2) is 0 Å². The van der Waals surface area contributed by atoms with E-state index in [0.29, 0.717) is 25.6 Å². The van der Waals surface area contributed by atoms with Crippen LogP contribution in [-0.2, 0) is 14.3 Å². The number of carbonyl (C=O) groups is 2. The number of nitrogens with zero attached hydrogens (tertiary/aromatic N) is 1. The SMILES string of the molecule is O=C(NCC[NH+]1CCOCC1)[C@@H]1CC(=O)N(C2CCCC2)C1. The summed E-state index contributed by atoms with van der Waals surface area (Å²) >= 11 is 0. The lowest BCUT2D eigenvalue weighted by Gasteiger charge is -2.24. The van der Waals surface area contributed by atoms with E-state index < -0.39 is 0 Å². The minimum Gasteiger partial charge on any atom is -0.370 e. The van der Waals surface area contributed by atoms with Crippen molar-refractivity contribution in [1.82, 2.24) is 10.2 Å². The van der Waals surface area contributed by atoms with Crippen molar-refractivity contribution in [2.24, 2.45) is 5.92 Å². The first-order valence-corrected chi connectivity index (χ1v) is 8.72. The predicted octanol–water partition coefficient (Wildman–Crippen LogP) is -1.19. The molecule has 2 amide bonds. The molecule has 0 aromatic heterocycles. The molecule has 2 heterocycles. The molecule has 3 fully saturated rings. The molecule has 0 aromatic carbocycles. The van der Waals surface area contributed by atoms with E-state index in [2.05, 4.69) is 5.32 Å². The van der Waals surface area contributed by atoms with E-state index in [-0.39, 0.29) is 17.7 Å². The second-order valence-electron chi connectivity index (χ2n) is 6.79. The van der Waals surface area contributed by atoms with Gasteiger partial charge < -0.3 is 19.9 Å². The summed E-state index contributed by atoms with van der Waals surface area (Å²) in [6.45, 7) is 5.94. The standard InChI is InChI=1S/C16H27N3O3/c20-15-11-13(12-19(15)14-3-1-2-4-14)16(21)17-5-6-18-7-9-22-10-8-18/h13-14H,1-12H2,(H,17,21)/p+1/t13-/m1/s1. The van der Waals surface area contributed by atoms with Gasteiger partial charge in [0.15, 0.2) is 0 Å². The van der Waals surface area contributed by atoms with E-state index in [1.165, 1.54) is 17.7 Å². The maximum Gasteiger partial charge on any atom is 0.225 e. The molecule has 0 unspecified atom stereocenters. The molecule has 6 heteroatoms. The summed E-state index contributed by atoms with van der Waals surface area (Å²) in [7, 11) is 0. The highest BCUT2D eigenvalue weighted by molar-refractivity contribution is 5.89. The van der Waals surface area contributed by atoms with E-state index in [9.17, 15) is 9.59 Å². The Balaban J connectivity index is 1.39. The number of ether oxygens (including phenoxy) is 1. The maximum absolute atomic E-state index is 12.3. The molecule has 0 aromatic rings. The van der Waals surface area contributed by atoms with E-state index >= 15 is 0 Å². The lowest BCUT2D eigenvalue weighted by molar-refractivity contribution is -0.906. The van der Waals surface area contributed by atoms with Crippen LogP contribution in [0.3, 0.4) is 0 Å². The first-order chi connectivity index (χ1) is 10.7. The average molecular weight is 310 g/mol. The van der Waals surface area contributed by atoms with Crippen molar-refractivity contribution < 1.29 is 19.2 Å². The molecule has 0 radical (unpaired) electrons. The molecule has 2 saturated heterocycles. The van der Waals surface area contributed by atoms with Gasteiger partial charge in [-0.3, -0.25) is 9.59 Å². The number of likely N-dealkylation sites (tertiary alicyclic amines) is 1. The predicted molar refractivity (Wildman–Crippen MR) is 81.5 cm³/mol. The van der Waals surface area contributed by atoms with Crippen LogP contribution in [0, 0.1) is 5.92 Å². The van der Waals surface area contributed by atoms with Gasteiger partial charge in [-0.05, 0) is 12.8 Å². The lowest BCUT2D eigenvalue weighted by atomic mass is 10.1. The highest BCUT2D eigenvalue weighted by Crippen LogP contribution is 2.29. The third-order valence-corrected chi connectivity index (χ3v) is 5.27. The molecule has 124 valence electrons. The van der Waals surface area contributed by atoms with Gasteiger partial charge in [-0.15, -0.1) is 0 Å². The largest absolute Gasteiger partial charge is 0.370 e. The second-order valence-corrected chi connectivity index (χ2v) is 6.79. The topological polar surface area (TPSA) is 63.1 Å². The van der Waals surface area contributed by atoms with Crippen LogP contribution in [0.5, 0.6) is 0 Å². The zero-order valence-corrected chi connectivity index (χ0v) is 13.3. The van der Waals surface area contributed by atoms with Gasteiger partial charge in [0.25, 0.3) is 0 Å². The number of nitrogens with one attached hydrogen (secondary N) is 2. The molecular formula is C16H28N3O3+. The van der Waals surface area contributed by atoms with Crippen LogP contribution >= 0.6 is 0 Å². The third kappa shape index (κ3) is 3.79. The zero-order valence-electron chi connectivity index (χ0n) is 13.3. The summed E-state index contributed by atoms with van der Waals surface area (Å²) in [5.74, 6) is 0.0835. The number of quaternary nitrogens is 1. The van der Waals surface area contributed by atoms with Crippen LogP contribution < -0.4 is 10.2 Å². The molecule has 6 nitrogen and oxygen atoms in total. The van der Waals surface area contributed by atoms with Crippen molar-refractivity contribution in [1.29, 1.82) is 0 Å². The number of morpholine rings is 1. The monoisotopic (exact) mass is 310 g/mol. The summed E-state index contributed by atoms with van der Waals surface area (Å²) in [4.78, 5) is 27.8. The van der Waals surface area contributed by atoms with Gasteiger partial charge in [-0.1, -0.05) is 12.8 Å². The molecule has 2 aliphatic heterocycles. The minimum absolute atomic E-state index is 0.0570. The third-order valence-electron chi connectivity index (χ3n) is 5.27. The van der Waals surface area contributed by atoms with Crippen LogP contribution in [0.4, 0.5) is 0 Å². The fraction of sp³-hybridized carbons (Fsp3) is 0.875. The summed E-state index contributed by atoms with van der Waals surface area (Å²) < 4.78 is 5.33. The van der Waals surface area contributed by atoms with Crippen molar-refractivity contribution in [3.8, 4) is 0 Å². The van der Waals surface area contributed by atoms with Gasteiger partial charge in [0.05, 0.1) is 32.2 Å². The Morgan fingerprint density at radius 3 is 2.73 bits per heavy atom. The van der Waals surface area contributed by atoms with E-state index in [0.717, 1.165) is 45.7 Å². The Kier molecular flexibility index (Phi) is 5.31.